The molecule has 4 aromatic heterocycles. The molecule has 0 bridgehead atoms. The maximum Gasteiger partial charge on any atom is 0.147 e. The van der Waals surface area contributed by atoms with Gasteiger partial charge in [0.1, 0.15) is 11.3 Å². The molecule has 4 rings (SSSR count). The van der Waals surface area contributed by atoms with Crippen molar-refractivity contribution in [1.29, 1.82) is 0 Å². The largest absolute Gasteiger partial charge is 0.494 e. The van der Waals surface area contributed by atoms with Crippen LogP contribution in [0.25, 0.3) is 16.6 Å². The normalized spacial score (nSPS) is 11.0. The molecule has 0 amide bonds. The van der Waals surface area contributed by atoms with E-state index in [2.05, 4.69) is 20.5 Å². The molecule has 0 unspecified atom stereocenters. The smallest absolute Gasteiger partial charge is 0.147 e. The van der Waals surface area contributed by atoms with E-state index >= 15 is 0 Å². The Morgan fingerprint density at radius 3 is 2.64 bits per heavy atom. The van der Waals surface area contributed by atoms with Gasteiger partial charge in [-0.25, -0.2) is 4.52 Å². The van der Waals surface area contributed by atoms with Crippen molar-refractivity contribution in [3.63, 3.8) is 0 Å². The summed E-state index contributed by atoms with van der Waals surface area (Å²) >= 11 is 0. The second-order valence-electron chi connectivity index (χ2n) is 5.76. The monoisotopic (exact) mass is 334 g/mol. The summed E-state index contributed by atoms with van der Waals surface area (Å²) in [5, 5.41) is 12.1. The van der Waals surface area contributed by atoms with Crippen molar-refractivity contribution in [2.45, 2.75) is 6.54 Å². The summed E-state index contributed by atoms with van der Waals surface area (Å²) in [7, 11) is 3.57. The molecule has 7 nitrogen and oxygen atoms in total. The zero-order valence-electron chi connectivity index (χ0n) is 14.0. The van der Waals surface area contributed by atoms with Crippen LogP contribution < -0.4 is 10.1 Å². The first-order chi connectivity index (χ1) is 12.2. The van der Waals surface area contributed by atoms with Gasteiger partial charge in [0.25, 0.3) is 0 Å². The van der Waals surface area contributed by atoms with Crippen LogP contribution >= 0.6 is 0 Å². The van der Waals surface area contributed by atoms with E-state index in [1.807, 2.05) is 54.5 Å². The van der Waals surface area contributed by atoms with E-state index in [1.54, 1.807) is 24.2 Å². The molecule has 0 saturated carbocycles. The number of anilines is 1. The summed E-state index contributed by atoms with van der Waals surface area (Å²) in [4.78, 5) is 4.04. The molecular weight excluding hydrogens is 316 g/mol. The van der Waals surface area contributed by atoms with Gasteiger partial charge in [0.2, 0.25) is 0 Å². The first kappa shape index (κ1) is 15.2. The lowest BCUT2D eigenvalue weighted by molar-refractivity contribution is 0.418. The van der Waals surface area contributed by atoms with Crippen molar-refractivity contribution in [2.24, 2.45) is 7.05 Å². The second-order valence-corrected chi connectivity index (χ2v) is 5.76. The Kier molecular flexibility index (Phi) is 3.81. The van der Waals surface area contributed by atoms with Crippen LogP contribution in [-0.2, 0) is 13.6 Å². The number of aryl methyl sites for hydroxylation is 1. The molecule has 0 aliphatic rings. The van der Waals surface area contributed by atoms with Crippen molar-refractivity contribution in [2.75, 3.05) is 12.4 Å². The zero-order valence-corrected chi connectivity index (χ0v) is 14.0. The minimum absolute atomic E-state index is 0.692. The van der Waals surface area contributed by atoms with Gasteiger partial charge < -0.3 is 10.1 Å². The van der Waals surface area contributed by atoms with Crippen molar-refractivity contribution in [3.05, 3.63) is 60.9 Å². The summed E-state index contributed by atoms with van der Waals surface area (Å²) in [6.07, 6.45) is 11.2. The van der Waals surface area contributed by atoms with Gasteiger partial charge in [0, 0.05) is 49.5 Å². The third-order valence-electron chi connectivity index (χ3n) is 4.07. The molecule has 0 aliphatic carbocycles. The third-order valence-corrected chi connectivity index (χ3v) is 4.07. The molecule has 0 spiro atoms. The molecule has 0 atom stereocenters. The van der Waals surface area contributed by atoms with Crippen LogP contribution in [0.3, 0.4) is 0 Å². The number of methoxy groups -OCH3 is 1. The van der Waals surface area contributed by atoms with Gasteiger partial charge in [-0.3, -0.25) is 9.67 Å². The molecule has 0 fully saturated rings. The molecule has 126 valence electrons. The standard InChI is InChI=1S/C18H18N6O/c1-23-11-15(9-21-23)14-7-17(25-2)18-16(10-22-24(18)12-14)20-8-13-3-5-19-6-4-13/h3-7,9-12,20H,8H2,1-2H3. The number of pyridine rings is 2. The van der Waals surface area contributed by atoms with E-state index in [-0.39, 0.29) is 0 Å². The Labute approximate surface area is 144 Å². The molecular formula is C18H18N6O. The average molecular weight is 334 g/mol. The van der Waals surface area contributed by atoms with Crippen molar-refractivity contribution < 1.29 is 4.74 Å². The fourth-order valence-electron chi connectivity index (χ4n) is 2.80. The molecule has 1 N–H and O–H groups in total. The van der Waals surface area contributed by atoms with Crippen molar-refractivity contribution >= 4 is 11.2 Å². The van der Waals surface area contributed by atoms with E-state index in [1.165, 1.54) is 0 Å². The fourth-order valence-corrected chi connectivity index (χ4v) is 2.80. The van der Waals surface area contributed by atoms with Gasteiger partial charge in [-0.05, 0) is 23.8 Å². The quantitative estimate of drug-likeness (QED) is 0.608. The second kappa shape index (κ2) is 6.27. The SMILES string of the molecule is COc1cc(-c2cnn(C)c2)cn2ncc(NCc3ccncc3)c12. The molecule has 25 heavy (non-hydrogen) atoms. The first-order valence-corrected chi connectivity index (χ1v) is 7.92. The van der Waals surface area contributed by atoms with Gasteiger partial charge >= 0.3 is 0 Å². The summed E-state index contributed by atoms with van der Waals surface area (Å²) in [6, 6.07) is 5.97. The number of rotatable bonds is 5. The Bertz CT molecular complexity index is 1010. The Hall–Kier alpha value is -3.35. The fraction of sp³-hybridized carbons (Fsp3) is 0.167. The number of nitrogens with zero attached hydrogens (tertiary/aromatic N) is 5. The minimum Gasteiger partial charge on any atom is -0.494 e. The first-order valence-electron chi connectivity index (χ1n) is 7.92. The van der Waals surface area contributed by atoms with Crippen LogP contribution in [0, 0.1) is 0 Å². The van der Waals surface area contributed by atoms with E-state index < -0.39 is 0 Å². The average Bonchev–Trinajstić information content (AvgIpc) is 3.26. The highest BCUT2D eigenvalue weighted by Gasteiger charge is 2.13. The van der Waals surface area contributed by atoms with E-state index in [0.29, 0.717) is 6.54 Å². The Morgan fingerprint density at radius 1 is 1.08 bits per heavy atom. The van der Waals surface area contributed by atoms with Gasteiger partial charge in [-0.1, -0.05) is 0 Å². The minimum atomic E-state index is 0.692. The van der Waals surface area contributed by atoms with Crippen LogP contribution in [0.15, 0.2) is 55.4 Å². The van der Waals surface area contributed by atoms with Crippen LogP contribution in [0.4, 0.5) is 5.69 Å². The number of hydrogen-bond acceptors (Lipinski definition) is 5. The number of ether oxygens (including phenoxy) is 1. The van der Waals surface area contributed by atoms with Gasteiger partial charge in [-0.15, -0.1) is 0 Å². The molecule has 4 heterocycles. The van der Waals surface area contributed by atoms with Gasteiger partial charge in [0.05, 0.1) is 25.2 Å². The molecule has 7 heteroatoms. The van der Waals surface area contributed by atoms with E-state index in [4.69, 9.17) is 4.74 Å². The van der Waals surface area contributed by atoms with E-state index in [9.17, 15) is 0 Å². The zero-order chi connectivity index (χ0) is 17.2. The number of fused-ring (bicyclic) bond motifs is 1. The molecule has 0 aliphatic heterocycles. The highest BCUT2D eigenvalue weighted by atomic mass is 16.5. The number of aromatic nitrogens is 5. The maximum absolute atomic E-state index is 5.61. The molecule has 0 saturated heterocycles. The van der Waals surface area contributed by atoms with Gasteiger partial charge in [-0.2, -0.15) is 10.2 Å². The summed E-state index contributed by atoms with van der Waals surface area (Å²) in [5.41, 5.74) is 5.00. The lowest BCUT2D eigenvalue weighted by Gasteiger charge is -2.09. The lowest BCUT2D eigenvalue weighted by Crippen LogP contribution is -2.00. The highest BCUT2D eigenvalue weighted by molar-refractivity contribution is 5.81. The number of hydrogen-bond donors (Lipinski definition) is 1. The van der Waals surface area contributed by atoms with Crippen molar-refractivity contribution in [1.82, 2.24) is 24.4 Å². The Balaban J connectivity index is 1.70. The van der Waals surface area contributed by atoms with Gasteiger partial charge in [0.15, 0.2) is 0 Å². The van der Waals surface area contributed by atoms with Crippen molar-refractivity contribution in [3.8, 4) is 16.9 Å². The molecule has 0 radical (unpaired) electrons. The maximum atomic E-state index is 5.61. The summed E-state index contributed by atoms with van der Waals surface area (Å²) < 4.78 is 9.21. The molecule has 0 aromatic carbocycles. The third kappa shape index (κ3) is 2.91. The van der Waals surface area contributed by atoms with Crippen LogP contribution in [0.5, 0.6) is 5.75 Å². The molecule has 4 aromatic rings. The lowest BCUT2D eigenvalue weighted by atomic mass is 10.1. The highest BCUT2D eigenvalue weighted by Crippen LogP contribution is 2.32. The summed E-state index contributed by atoms with van der Waals surface area (Å²) in [6.45, 7) is 0.692. The van der Waals surface area contributed by atoms with E-state index in [0.717, 1.165) is 33.6 Å². The van der Waals surface area contributed by atoms with Crippen LogP contribution in [0.2, 0.25) is 0 Å². The topological polar surface area (TPSA) is 69.3 Å². The number of nitrogens with one attached hydrogen (secondary N) is 1. The van der Waals surface area contributed by atoms with Crippen LogP contribution in [-0.4, -0.2) is 31.5 Å². The predicted molar refractivity (Wildman–Crippen MR) is 95.5 cm³/mol. The summed E-state index contributed by atoms with van der Waals surface area (Å²) in [5.74, 6) is 0.760. The Morgan fingerprint density at radius 2 is 1.92 bits per heavy atom. The predicted octanol–water partition coefficient (Wildman–Crippen LogP) is 2.75. The van der Waals surface area contributed by atoms with Crippen LogP contribution in [0.1, 0.15) is 5.56 Å².